The SMILES string of the molecule is Cc1ccc(S(=O)(=O)OC[C@H]2OC(C)(C)O[C@@H]2COS(=O)(=O)c2ccc(C)cc2)cc1. The average molecular weight is 471 g/mol. The summed E-state index contributed by atoms with van der Waals surface area (Å²) in [5, 5.41) is 0. The van der Waals surface area contributed by atoms with Crippen LogP contribution in [-0.4, -0.2) is 48.0 Å². The van der Waals surface area contributed by atoms with Gasteiger partial charge in [-0.05, 0) is 52.0 Å². The van der Waals surface area contributed by atoms with E-state index in [9.17, 15) is 16.8 Å². The van der Waals surface area contributed by atoms with Gasteiger partial charge in [0.25, 0.3) is 20.2 Å². The number of hydrogen-bond donors (Lipinski definition) is 0. The minimum atomic E-state index is -4.01. The second kappa shape index (κ2) is 8.97. The summed E-state index contributed by atoms with van der Waals surface area (Å²) in [6.07, 6.45) is -1.69. The molecule has 31 heavy (non-hydrogen) atoms. The van der Waals surface area contributed by atoms with E-state index in [4.69, 9.17) is 17.8 Å². The van der Waals surface area contributed by atoms with Gasteiger partial charge in [0.05, 0.1) is 23.0 Å². The first-order chi connectivity index (χ1) is 14.4. The van der Waals surface area contributed by atoms with Crippen molar-refractivity contribution in [2.75, 3.05) is 13.2 Å². The van der Waals surface area contributed by atoms with E-state index in [2.05, 4.69) is 0 Å². The molecule has 2 aromatic rings. The Balaban J connectivity index is 1.67. The molecule has 0 aromatic heterocycles. The Morgan fingerprint density at radius 3 is 1.35 bits per heavy atom. The van der Waals surface area contributed by atoms with Crippen molar-refractivity contribution in [2.24, 2.45) is 0 Å². The molecule has 0 unspecified atom stereocenters. The summed E-state index contributed by atoms with van der Waals surface area (Å²) < 4.78 is 71.5. The highest BCUT2D eigenvalue weighted by Crippen LogP contribution is 2.30. The van der Waals surface area contributed by atoms with Crippen LogP contribution in [0, 0.1) is 13.8 Å². The van der Waals surface area contributed by atoms with Gasteiger partial charge in [0, 0.05) is 0 Å². The third-order valence-electron chi connectivity index (χ3n) is 4.68. The molecule has 170 valence electrons. The van der Waals surface area contributed by atoms with Gasteiger partial charge in [-0.15, -0.1) is 0 Å². The fourth-order valence-corrected chi connectivity index (χ4v) is 4.89. The summed E-state index contributed by atoms with van der Waals surface area (Å²) in [5.41, 5.74) is 1.83. The van der Waals surface area contributed by atoms with Crippen molar-refractivity contribution in [3.8, 4) is 0 Å². The van der Waals surface area contributed by atoms with Crippen LogP contribution < -0.4 is 0 Å². The standard InChI is InChI=1S/C21H26O8S2/c1-15-5-9-17(10-6-15)30(22,23)26-13-19-20(29-21(3,4)28-19)14-27-31(24,25)18-11-7-16(2)8-12-18/h5-12,19-20H,13-14H2,1-4H3/t19-,20-/m1/s1. The summed E-state index contributed by atoms with van der Waals surface area (Å²) >= 11 is 0. The van der Waals surface area contributed by atoms with Crippen LogP contribution in [0.2, 0.25) is 0 Å². The van der Waals surface area contributed by atoms with Crippen molar-refractivity contribution in [2.45, 2.75) is 55.5 Å². The molecule has 10 heteroatoms. The smallest absolute Gasteiger partial charge is 0.297 e. The van der Waals surface area contributed by atoms with Crippen molar-refractivity contribution in [3.05, 3.63) is 59.7 Å². The van der Waals surface area contributed by atoms with E-state index < -0.39 is 38.2 Å². The highest BCUT2D eigenvalue weighted by molar-refractivity contribution is 7.87. The van der Waals surface area contributed by atoms with Gasteiger partial charge in [-0.1, -0.05) is 35.4 Å². The lowest BCUT2D eigenvalue weighted by atomic mass is 10.2. The van der Waals surface area contributed by atoms with Crippen LogP contribution in [0.1, 0.15) is 25.0 Å². The maximum Gasteiger partial charge on any atom is 0.297 e. The van der Waals surface area contributed by atoms with Crippen molar-refractivity contribution < 1.29 is 34.7 Å². The van der Waals surface area contributed by atoms with Crippen LogP contribution in [0.3, 0.4) is 0 Å². The Kier molecular flexibility index (Phi) is 6.90. The minimum absolute atomic E-state index is 0.0195. The van der Waals surface area contributed by atoms with Crippen molar-refractivity contribution >= 4 is 20.2 Å². The number of hydrogen-bond acceptors (Lipinski definition) is 8. The van der Waals surface area contributed by atoms with Crippen molar-refractivity contribution in [1.82, 2.24) is 0 Å². The zero-order chi connectivity index (χ0) is 22.9. The molecule has 0 radical (unpaired) electrons. The molecule has 0 bridgehead atoms. The maximum absolute atomic E-state index is 12.5. The van der Waals surface area contributed by atoms with Gasteiger partial charge in [0.2, 0.25) is 0 Å². The number of aryl methyl sites for hydroxylation is 2. The first-order valence-electron chi connectivity index (χ1n) is 9.66. The molecule has 0 aliphatic carbocycles. The van der Waals surface area contributed by atoms with Gasteiger partial charge < -0.3 is 9.47 Å². The van der Waals surface area contributed by atoms with E-state index in [-0.39, 0.29) is 23.0 Å². The highest BCUT2D eigenvalue weighted by Gasteiger charge is 2.43. The molecule has 0 N–H and O–H groups in total. The first-order valence-corrected chi connectivity index (χ1v) is 12.5. The molecule has 0 spiro atoms. The highest BCUT2D eigenvalue weighted by atomic mass is 32.2. The molecule has 1 aliphatic rings. The molecule has 0 saturated carbocycles. The van der Waals surface area contributed by atoms with Gasteiger partial charge in [0.1, 0.15) is 12.2 Å². The second-order valence-electron chi connectivity index (χ2n) is 7.82. The monoisotopic (exact) mass is 470 g/mol. The lowest BCUT2D eigenvalue weighted by molar-refractivity contribution is -0.150. The lowest BCUT2D eigenvalue weighted by Crippen LogP contribution is -2.33. The quantitative estimate of drug-likeness (QED) is 0.542. The summed E-state index contributed by atoms with van der Waals surface area (Å²) in [4.78, 5) is 0.0389. The molecular weight excluding hydrogens is 444 g/mol. The Bertz CT molecular complexity index is 1020. The minimum Gasteiger partial charge on any atom is -0.342 e. The molecule has 3 rings (SSSR count). The van der Waals surface area contributed by atoms with E-state index in [1.165, 1.54) is 24.3 Å². The molecular formula is C21H26O8S2. The largest absolute Gasteiger partial charge is 0.342 e. The predicted octanol–water partition coefficient (Wildman–Crippen LogP) is 2.93. The predicted molar refractivity (Wildman–Crippen MR) is 112 cm³/mol. The molecule has 1 fully saturated rings. The average Bonchev–Trinajstić information content (AvgIpc) is 2.99. The Hall–Kier alpha value is -1.82. The second-order valence-corrected chi connectivity index (χ2v) is 11.0. The van der Waals surface area contributed by atoms with Gasteiger partial charge >= 0.3 is 0 Å². The summed E-state index contributed by atoms with van der Waals surface area (Å²) in [7, 11) is -8.02. The third kappa shape index (κ3) is 6.12. The number of rotatable bonds is 8. The van der Waals surface area contributed by atoms with E-state index in [1.54, 1.807) is 38.1 Å². The molecule has 1 saturated heterocycles. The van der Waals surface area contributed by atoms with Crippen LogP contribution in [0.15, 0.2) is 58.3 Å². The Labute approximate surface area is 183 Å². The zero-order valence-electron chi connectivity index (χ0n) is 17.8. The third-order valence-corrected chi connectivity index (χ3v) is 7.27. The van der Waals surface area contributed by atoms with Crippen molar-refractivity contribution in [1.29, 1.82) is 0 Å². The normalized spacial score (nSPS) is 21.3. The maximum atomic E-state index is 12.5. The number of ether oxygens (including phenoxy) is 2. The molecule has 2 atom stereocenters. The van der Waals surface area contributed by atoms with Gasteiger partial charge in [0.15, 0.2) is 5.79 Å². The molecule has 1 aliphatic heterocycles. The lowest BCUT2D eigenvalue weighted by Gasteiger charge is -2.17. The Morgan fingerprint density at radius 1 is 0.710 bits per heavy atom. The van der Waals surface area contributed by atoms with Gasteiger partial charge in [-0.3, -0.25) is 8.37 Å². The van der Waals surface area contributed by atoms with Gasteiger partial charge in [-0.2, -0.15) is 16.8 Å². The molecule has 0 amide bonds. The van der Waals surface area contributed by atoms with E-state index in [0.29, 0.717) is 0 Å². The van der Waals surface area contributed by atoms with E-state index in [1.807, 2.05) is 13.8 Å². The van der Waals surface area contributed by atoms with Crippen LogP contribution in [0.5, 0.6) is 0 Å². The van der Waals surface area contributed by atoms with Crippen LogP contribution in [0.25, 0.3) is 0 Å². The fraction of sp³-hybridized carbons (Fsp3) is 0.429. The Morgan fingerprint density at radius 2 is 1.03 bits per heavy atom. The fourth-order valence-electron chi connectivity index (χ4n) is 3.05. The summed E-state index contributed by atoms with van der Waals surface area (Å²) in [6.45, 7) is 6.28. The van der Waals surface area contributed by atoms with E-state index >= 15 is 0 Å². The molecule has 8 nitrogen and oxygen atoms in total. The topological polar surface area (TPSA) is 105 Å². The number of benzene rings is 2. The zero-order valence-corrected chi connectivity index (χ0v) is 19.4. The van der Waals surface area contributed by atoms with Crippen LogP contribution in [-0.2, 0) is 38.1 Å². The summed E-state index contributed by atoms with van der Waals surface area (Å²) in [5.74, 6) is -1.05. The first kappa shape index (κ1) is 23.8. The van der Waals surface area contributed by atoms with Crippen LogP contribution in [0.4, 0.5) is 0 Å². The van der Waals surface area contributed by atoms with Crippen LogP contribution >= 0.6 is 0 Å². The molecule has 1 heterocycles. The summed E-state index contributed by atoms with van der Waals surface area (Å²) in [6, 6.07) is 12.5. The van der Waals surface area contributed by atoms with E-state index in [0.717, 1.165) is 11.1 Å². The molecule has 2 aromatic carbocycles. The van der Waals surface area contributed by atoms with Crippen molar-refractivity contribution in [3.63, 3.8) is 0 Å². The van der Waals surface area contributed by atoms with Gasteiger partial charge in [-0.25, -0.2) is 0 Å².